The highest BCUT2D eigenvalue weighted by Gasteiger charge is 2.09. The Labute approximate surface area is 164 Å². The van der Waals surface area contributed by atoms with E-state index < -0.39 is 0 Å². The molecule has 0 atom stereocenters. The molecule has 0 radical (unpaired) electrons. The summed E-state index contributed by atoms with van der Waals surface area (Å²) in [7, 11) is 0. The number of quaternary nitrogens is 1. The van der Waals surface area contributed by atoms with Crippen molar-refractivity contribution in [1.82, 2.24) is 0 Å². The first-order chi connectivity index (χ1) is 12.6. The van der Waals surface area contributed by atoms with Gasteiger partial charge in [-0.3, -0.25) is 0 Å². The monoisotopic (exact) mass is 386 g/mol. The van der Waals surface area contributed by atoms with Crippen LogP contribution in [0.5, 0.6) is 5.75 Å². The minimum Gasteiger partial charge on any atom is -0.488 e. The summed E-state index contributed by atoms with van der Waals surface area (Å²) >= 11 is 12.4. The fourth-order valence-electron chi connectivity index (χ4n) is 2.74. The lowest BCUT2D eigenvalue weighted by molar-refractivity contribution is -0.686. The molecule has 0 spiro atoms. The zero-order chi connectivity index (χ0) is 18.4. The van der Waals surface area contributed by atoms with Gasteiger partial charge in [0.15, 0.2) is 0 Å². The van der Waals surface area contributed by atoms with Crippen molar-refractivity contribution >= 4 is 23.2 Å². The van der Waals surface area contributed by atoms with Crippen molar-refractivity contribution < 1.29 is 10.1 Å². The number of hydrogen-bond donors (Lipinski definition) is 1. The minimum absolute atomic E-state index is 0.437. The second-order valence-electron chi connectivity index (χ2n) is 6.31. The standard InChI is InChI=1S/C22H21Cl2NO/c1-16-6-8-17(9-7-16)13-25-14-19-12-20(23)10-11-22(19)26-15-18-4-2-3-5-21(18)24/h2-12,25H,13-15H2,1H3/p+1. The molecule has 0 aliphatic heterocycles. The summed E-state index contributed by atoms with van der Waals surface area (Å²) in [5.41, 5.74) is 4.63. The molecule has 3 rings (SSSR count). The highest BCUT2D eigenvalue weighted by Crippen LogP contribution is 2.24. The van der Waals surface area contributed by atoms with Crippen LogP contribution in [0.1, 0.15) is 22.3 Å². The van der Waals surface area contributed by atoms with Crippen molar-refractivity contribution in [3.8, 4) is 5.75 Å². The van der Waals surface area contributed by atoms with Crippen LogP contribution in [0.15, 0.2) is 66.7 Å². The highest BCUT2D eigenvalue weighted by atomic mass is 35.5. The van der Waals surface area contributed by atoms with Gasteiger partial charge in [-0.2, -0.15) is 0 Å². The molecule has 134 valence electrons. The van der Waals surface area contributed by atoms with E-state index in [1.165, 1.54) is 11.1 Å². The number of nitrogens with two attached hydrogens (primary N) is 1. The van der Waals surface area contributed by atoms with Crippen molar-refractivity contribution in [2.45, 2.75) is 26.6 Å². The Hall–Kier alpha value is -2.00. The third kappa shape index (κ3) is 5.25. The maximum absolute atomic E-state index is 6.21. The maximum atomic E-state index is 6.21. The summed E-state index contributed by atoms with van der Waals surface area (Å²) in [6.07, 6.45) is 0. The molecular formula is C22H22Cl2NO+. The first kappa shape index (κ1) is 18.8. The Morgan fingerprint density at radius 1 is 0.846 bits per heavy atom. The second-order valence-corrected chi connectivity index (χ2v) is 7.16. The van der Waals surface area contributed by atoms with Gasteiger partial charge in [0.2, 0.25) is 0 Å². The van der Waals surface area contributed by atoms with Crippen molar-refractivity contribution in [1.29, 1.82) is 0 Å². The molecule has 2 N–H and O–H groups in total. The average Bonchev–Trinajstić information content (AvgIpc) is 2.64. The number of benzene rings is 3. The van der Waals surface area contributed by atoms with Gasteiger partial charge >= 0.3 is 0 Å². The summed E-state index contributed by atoms with van der Waals surface area (Å²) in [6.45, 7) is 4.25. The van der Waals surface area contributed by atoms with Crippen molar-refractivity contribution in [2.75, 3.05) is 0 Å². The molecule has 0 unspecified atom stereocenters. The molecule has 3 aromatic rings. The Bertz CT molecular complexity index is 862. The number of halogens is 2. The van der Waals surface area contributed by atoms with Crippen LogP contribution in [0.25, 0.3) is 0 Å². The van der Waals surface area contributed by atoms with E-state index in [0.29, 0.717) is 16.7 Å². The topological polar surface area (TPSA) is 25.8 Å². The molecule has 4 heteroatoms. The molecule has 0 saturated carbocycles. The van der Waals surface area contributed by atoms with Gasteiger partial charge in [0.25, 0.3) is 0 Å². The molecule has 0 saturated heterocycles. The third-order valence-corrected chi connectivity index (χ3v) is 4.83. The predicted molar refractivity (Wildman–Crippen MR) is 108 cm³/mol. The molecule has 0 aromatic heterocycles. The van der Waals surface area contributed by atoms with Crippen LogP contribution in [0.2, 0.25) is 10.0 Å². The van der Waals surface area contributed by atoms with E-state index >= 15 is 0 Å². The quantitative estimate of drug-likeness (QED) is 0.597. The van der Waals surface area contributed by atoms with E-state index in [4.69, 9.17) is 27.9 Å². The zero-order valence-corrected chi connectivity index (χ0v) is 16.2. The lowest BCUT2D eigenvalue weighted by Gasteiger charge is -2.12. The number of rotatable bonds is 7. The van der Waals surface area contributed by atoms with Gasteiger partial charge in [-0.15, -0.1) is 0 Å². The molecule has 26 heavy (non-hydrogen) atoms. The largest absolute Gasteiger partial charge is 0.488 e. The molecule has 0 aliphatic rings. The lowest BCUT2D eigenvalue weighted by atomic mass is 10.1. The molecule has 0 amide bonds. The van der Waals surface area contributed by atoms with Gasteiger partial charge in [-0.05, 0) is 31.2 Å². The average molecular weight is 387 g/mol. The molecule has 0 fully saturated rings. The second kappa shape index (κ2) is 9.09. The van der Waals surface area contributed by atoms with Crippen LogP contribution in [-0.4, -0.2) is 0 Å². The van der Waals surface area contributed by atoms with E-state index in [-0.39, 0.29) is 0 Å². The summed E-state index contributed by atoms with van der Waals surface area (Å²) in [4.78, 5) is 0. The van der Waals surface area contributed by atoms with E-state index in [1.54, 1.807) is 0 Å². The summed E-state index contributed by atoms with van der Waals surface area (Å²) in [6, 6.07) is 22.1. The summed E-state index contributed by atoms with van der Waals surface area (Å²) in [5.74, 6) is 0.842. The van der Waals surface area contributed by atoms with Crippen LogP contribution >= 0.6 is 23.2 Å². The van der Waals surface area contributed by atoms with Gasteiger partial charge in [0, 0.05) is 26.7 Å². The highest BCUT2D eigenvalue weighted by molar-refractivity contribution is 6.31. The smallest absolute Gasteiger partial charge is 0.128 e. The number of ether oxygens (including phenoxy) is 1. The lowest BCUT2D eigenvalue weighted by Crippen LogP contribution is -2.80. The molecule has 0 bridgehead atoms. The SMILES string of the molecule is Cc1ccc(C[NH2+]Cc2cc(Cl)ccc2OCc2ccccc2Cl)cc1. The number of hydrogen-bond acceptors (Lipinski definition) is 1. The molecular weight excluding hydrogens is 365 g/mol. The van der Waals surface area contributed by atoms with Crippen LogP contribution in [0, 0.1) is 6.92 Å². The van der Waals surface area contributed by atoms with Crippen molar-refractivity contribution in [2.24, 2.45) is 0 Å². The molecule has 0 aliphatic carbocycles. The van der Waals surface area contributed by atoms with Gasteiger partial charge in [0.05, 0.1) is 0 Å². The van der Waals surface area contributed by atoms with Gasteiger partial charge in [0.1, 0.15) is 25.4 Å². The maximum Gasteiger partial charge on any atom is 0.128 e. The van der Waals surface area contributed by atoms with E-state index in [2.05, 4.69) is 36.5 Å². The predicted octanol–water partition coefficient (Wildman–Crippen LogP) is 5.14. The van der Waals surface area contributed by atoms with Crippen LogP contribution in [0.3, 0.4) is 0 Å². The normalized spacial score (nSPS) is 10.7. The fraction of sp³-hybridized carbons (Fsp3) is 0.182. The van der Waals surface area contributed by atoms with Crippen molar-refractivity contribution in [3.63, 3.8) is 0 Å². The molecule has 0 heterocycles. The van der Waals surface area contributed by atoms with E-state index in [9.17, 15) is 0 Å². The molecule has 2 nitrogen and oxygen atoms in total. The van der Waals surface area contributed by atoms with E-state index in [0.717, 1.165) is 30.0 Å². The Morgan fingerprint density at radius 2 is 1.62 bits per heavy atom. The summed E-state index contributed by atoms with van der Waals surface area (Å²) < 4.78 is 6.01. The third-order valence-electron chi connectivity index (χ3n) is 4.23. The Balaban J connectivity index is 1.63. The summed E-state index contributed by atoms with van der Waals surface area (Å²) in [5, 5.41) is 3.68. The Kier molecular flexibility index (Phi) is 6.56. The van der Waals surface area contributed by atoms with Crippen molar-refractivity contribution in [3.05, 3.63) is 99.0 Å². The van der Waals surface area contributed by atoms with Gasteiger partial charge in [-0.1, -0.05) is 71.2 Å². The van der Waals surface area contributed by atoms with Crippen LogP contribution in [-0.2, 0) is 19.7 Å². The minimum atomic E-state index is 0.437. The first-order valence-corrected chi connectivity index (χ1v) is 9.39. The zero-order valence-electron chi connectivity index (χ0n) is 14.7. The van der Waals surface area contributed by atoms with Crippen LogP contribution < -0.4 is 10.1 Å². The first-order valence-electron chi connectivity index (χ1n) is 8.63. The van der Waals surface area contributed by atoms with Gasteiger partial charge < -0.3 is 10.1 Å². The number of aryl methyl sites for hydroxylation is 1. The van der Waals surface area contributed by atoms with E-state index in [1.807, 2.05) is 42.5 Å². The Morgan fingerprint density at radius 3 is 2.38 bits per heavy atom. The molecule has 3 aromatic carbocycles. The van der Waals surface area contributed by atoms with Gasteiger partial charge in [-0.25, -0.2) is 0 Å². The fourth-order valence-corrected chi connectivity index (χ4v) is 3.12. The van der Waals surface area contributed by atoms with Crippen LogP contribution in [0.4, 0.5) is 0 Å².